The standard InChI is InChI=1S/C37H45NO4/c1-5-7-8-14-35(29-18-16-28(17-19-29)25-27(3)4)42-32-22-20-30(21-23-32)37(40)33-26-31(12-11-15-36(39)41-6-2)38-24-10-9-13-34(33)38/h9-10,13,16-24,26-27,35H,5-8,11-12,14-15,25H2,1-4H3. The van der Waals surface area contributed by atoms with Crippen LogP contribution in [0.2, 0.25) is 0 Å². The fourth-order valence-electron chi connectivity index (χ4n) is 5.46. The number of rotatable bonds is 16. The summed E-state index contributed by atoms with van der Waals surface area (Å²) in [5.41, 5.74) is 5.70. The van der Waals surface area contributed by atoms with Crippen LogP contribution in [0.15, 0.2) is 79.0 Å². The number of nitrogens with zero attached hydrogens (tertiary/aromatic N) is 1. The van der Waals surface area contributed by atoms with Crippen molar-refractivity contribution in [2.45, 2.75) is 85.2 Å². The van der Waals surface area contributed by atoms with E-state index in [0.29, 0.717) is 42.9 Å². The Hall–Kier alpha value is -3.86. The number of carbonyl (C=O) groups is 2. The summed E-state index contributed by atoms with van der Waals surface area (Å²) in [4.78, 5) is 25.4. The summed E-state index contributed by atoms with van der Waals surface area (Å²) < 4.78 is 13.6. The smallest absolute Gasteiger partial charge is 0.305 e. The largest absolute Gasteiger partial charge is 0.486 e. The molecule has 4 rings (SSSR count). The summed E-state index contributed by atoms with van der Waals surface area (Å²) in [6.45, 7) is 8.90. The van der Waals surface area contributed by atoms with Crippen LogP contribution in [0.5, 0.6) is 5.75 Å². The van der Waals surface area contributed by atoms with Crippen LogP contribution in [-0.2, 0) is 22.4 Å². The van der Waals surface area contributed by atoms with Crippen molar-refractivity contribution in [3.05, 3.63) is 107 Å². The molecule has 0 aliphatic rings. The molecular formula is C37H45NO4. The lowest BCUT2D eigenvalue weighted by atomic mass is 9.98. The van der Waals surface area contributed by atoms with E-state index in [9.17, 15) is 9.59 Å². The number of hydrogen-bond acceptors (Lipinski definition) is 4. The third-order valence-corrected chi connectivity index (χ3v) is 7.58. The third kappa shape index (κ3) is 8.34. The molecule has 2 aromatic carbocycles. The van der Waals surface area contributed by atoms with Crippen LogP contribution in [-0.4, -0.2) is 22.8 Å². The number of ether oxygens (including phenoxy) is 2. The van der Waals surface area contributed by atoms with Gasteiger partial charge in [0.05, 0.1) is 12.1 Å². The SMILES string of the molecule is CCCCCC(Oc1ccc(C(=O)c2cc(CCCC(=O)OCC)n3ccccc23)cc1)c1ccc(CC(C)C)cc1. The molecule has 0 spiro atoms. The predicted molar refractivity (Wildman–Crippen MR) is 169 cm³/mol. The minimum absolute atomic E-state index is 0.0258. The first-order valence-electron chi connectivity index (χ1n) is 15.5. The third-order valence-electron chi connectivity index (χ3n) is 7.58. The highest BCUT2D eigenvalue weighted by molar-refractivity contribution is 6.13. The van der Waals surface area contributed by atoms with E-state index in [1.807, 2.05) is 66.1 Å². The van der Waals surface area contributed by atoms with Crippen molar-refractivity contribution in [1.29, 1.82) is 0 Å². The van der Waals surface area contributed by atoms with E-state index in [-0.39, 0.29) is 17.9 Å². The lowest BCUT2D eigenvalue weighted by Crippen LogP contribution is -2.09. The molecule has 0 fully saturated rings. The first-order valence-corrected chi connectivity index (χ1v) is 15.5. The zero-order chi connectivity index (χ0) is 29.9. The quantitative estimate of drug-likeness (QED) is 0.0770. The zero-order valence-electron chi connectivity index (χ0n) is 25.6. The number of unbranched alkanes of at least 4 members (excludes halogenated alkanes) is 2. The highest BCUT2D eigenvalue weighted by Crippen LogP contribution is 2.29. The fourth-order valence-corrected chi connectivity index (χ4v) is 5.46. The van der Waals surface area contributed by atoms with E-state index >= 15 is 0 Å². The molecule has 222 valence electrons. The van der Waals surface area contributed by atoms with Crippen molar-refractivity contribution >= 4 is 17.3 Å². The summed E-state index contributed by atoms with van der Waals surface area (Å²) in [5.74, 6) is 1.18. The van der Waals surface area contributed by atoms with Crippen molar-refractivity contribution in [1.82, 2.24) is 4.40 Å². The second-order valence-electron chi connectivity index (χ2n) is 11.5. The van der Waals surface area contributed by atoms with Crippen LogP contribution >= 0.6 is 0 Å². The summed E-state index contributed by atoms with van der Waals surface area (Å²) in [5, 5.41) is 0. The molecule has 0 bridgehead atoms. The average Bonchev–Trinajstić information content (AvgIpc) is 3.35. The lowest BCUT2D eigenvalue weighted by molar-refractivity contribution is -0.143. The van der Waals surface area contributed by atoms with Crippen LogP contribution in [0.4, 0.5) is 0 Å². The van der Waals surface area contributed by atoms with E-state index in [4.69, 9.17) is 9.47 Å². The predicted octanol–water partition coefficient (Wildman–Crippen LogP) is 8.96. The molecule has 0 N–H and O–H groups in total. The minimum atomic E-state index is -0.187. The molecule has 5 heteroatoms. The number of aryl methyl sites for hydroxylation is 1. The maximum absolute atomic E-state index is 13.7. The van der Waals surface area contributed by atoms with Crippen LogP contribution in [0.1, 0.15) is 105 Å². The fraction of sp³-hybridized carbons (Fsp3) is 0.405. The zero-order valence-corrected chi connectivity index (χ0v) is 25.6. The number of pyridine rings is 1. The first kappa shape index (κ1) is 31.1. The molecule has 0 saturated heterocycles. The summed E-state index contributed by atoms with van der Waals surface area (Å²) in [7, 11) is 0. The second kappa shape index (κ2) is 15.4. The molecule has 2 aromatic heterocycles. The Balaban J connectivity index is 1.48. The van der Waals surface area contributed by atoms with Gasteiger partial charge >= 0.3 is 5.97 Å². The summed E-state index contributed by atoms with van der Waals surface area (Å²) in [6, 6.07) is 24.2. The van der Waals surface area contributed by atoms with Gasteiger partial charge in [-0.1, -0.05) is 63.9 Å². The number of esters is 1. The van der Waals surface area contributed by atoms with Crippen molar-refractivity contribution in [2.24, 2.45) is 5.92 Å². The Morgan fingerprint density at radius 3 is 2.33 bits per heavy atom. The molecule has 5 nitrogen and oxygen atoms in total. The molecule has 0 amide bonds. The van der Waals surface area contributed by atoms with Gasteiger partial charge < -0.3 is 13.9 Å². The minimum Gasteiger partial charge on any atom is -0.486 e. The van der Waals surface area contributed by atoms with Gasteiger partial charge in [-0.3, -0.25) is 9.59 Å². The molecule has 0 aliphatic carbocycles. The van der Waals surface area contributed by atoms with Gasteiger partial charge in [0.25, 0.3) is 0 Å². The highest BCUT2D eigenvalue weighted by atomic mass is 16.5. The monoisotopic (exact) mass is 567 g/mol. The van der Waals surface area contributed by atoms with Gasteiger partial charge in [-0.2, -0.15) is 0 Å². The summed E-state index contributed by atoms with van der Waals surface area (Å²) >= 11 is 0. The van der Waals surface area contributed by atoms with Crippen LogP contribution in [0.25, 0.3) is 5.52 Å². The maximum Gasteiger partial charge on any atom is 0.305 e. The number of benzene rings is 2. The molecule has 1 unspecified atom stereocenters. The number of fused-ring (bicyclic) bond motifs is 1. The van der Waals surface area contributed by atoms with Gasteiger partial charge in [0.2, 0.25) is 0 Å². The molecule has 42 heavy (non-hydrogen) atoms. The average molecular weight is 568 g/mol. The molecule has 1 atom stereocenters. The summed E-state index contributed by atoms with van der Waals surface area (Å²) in [6.07, 6.45) is 9.12. The van der Waals surface area contributed by atoms with E-state index in [0.717, 1.165) is 36.2 Å². The van der Waals surface area contributed by atoms with Crippen LogP contribution in [0.3, 0.4) is 0 Å². The number of carbonyl (C=O) groups excluding carboxylic acids is 2. The van der Waals surface area contributed by atoms with Gasteiger partial charge in [0, 0.05) is 29.4 Å². The molecular weight excluding hydrogens is 522 g/mol. The van der Waals surface area contributed by atoms with Gasteiger partial charge in [-0.05, 0) is 98.5 Å². The second-order valence-corrected chi connectivity index (χ2v) is 11.5. The first-order chi connectivity index (χ1) is 20.4. The number of aromatic nitrogens is 1. The van der Waals surface area contributed by atoms with Gasteiger partial charge in [0.1, 0.15) is 11.9 Å². The van der Waals surface area contributed by atoms with Gasteiger partial charge in [0.15, 0.2) is 5.78 Å². The Kier molecular flexibility index (Phi) is 11.4. The maximum atomic E-state index is 13.7. The van der Waals surface area contributed by atoms with Gasteiger partial charge in [-0.25, -0.2) is 0 Å². The van der Waals surface area contributed by atoms with Crippen LogP contribution in [0, 0.1) is 5.92 Å². The topological polar surface area (TPSA) is 57.0 Å². The van der Waals surface area contributed by atoms with E-state index in [1.54, 1.807) is 0 Å². The van der Waals surface area contributed by atoms with Gasteiger partial charge in [-0.15, -0.1) is 0 Å². The molecule has 0 aliphatic heterocycles. The Bertz CT molecular complexity index is 1430. The van der Waals surface area contributed by atoms with E-state index in [2.05, 4.69) is 45.0 Å². The molecule has 2 heterocycles. The molecule has 0 saturated carbocycles. The van der Waals surface area contributed by atoms with E-state index < -0.39 is 0 Å². The molecule has 4 aromatic rings. The van der Waals surface area contributed by atoms with Crippen LogP contribution < -0.4 is 4.74 Å². The Labute approximate surface area is 250 Å². The van der Waals surface area contributed by atoms with Crippen molar-refractivity contribution in [3.63, 3.8) is 0 Å². The number of hydrogen-bond donors (Lipinski definition) is 0. The lowest BCUT2D eigenvalue weighted by Gasteiger charge is -2.20. The van der Waals surface area contributed by atoms with Crippen molar-refractivity contribution in [2.75, 3.05) is 6.61 Å². The molecule has 0 radical (unpaired) electrons. The Morgan fingerprint density at radius 1 is 0.881 bits per heavy atom. The highest BCUT2D eigenvalue weighted by Gasteiger charge is 2.19. The Morgan fingerprint density at radius 2 is 1.64 bits per heavy atom. The van der Waals surface area contributed by atoms with Crippen molar-refractivity contribution in [3.8, 4) is 5.75 Å². The number of ketones is 1. The normalized spacial score (nSPS) is 12.0. The van der Waals surface area contributed by atoms with Crippen molar-refractivity contribution < 1.29 is 19.1 Å². The van der Waals surface area contributed by atoms with E-state index in [1.165, 1.54) is 24.0 Å².